The third kappa shape index (κ3) is 4.97. The highest BCUT2D eigenvalue weighted by Gasteiger charge is 2.78. The zero-order valence-electron chi connectivity index (χ0n) is 24.0. The topological polar surface area (TPSA) is 108 Å². The number of benzene rings is 1. The first-order chi connectivity index (χ1) is 17.7. The van der Waals surface area contributed by atoms with Gasteiger partial charge in [0, 0.05) is 12.1 Å². The fraction of sp³-hybridized carbons (Fsp3) is 0.700. The number of carbonyl (C=O) groups is 3. The minimum Gasteiger partial charge on any atom is -0.394 e. The molecule has 3 heterocycles. The maximum absolute atomic E-state index is 14.1. The molecule has 0 saturated carbocycles. The zero-order valence-corrected chi connectivity index (χ0v) is 24.0. The van der Waals surface area contributed by atoms with Crippen LogP contribution < -0.4 is 10.6 Å². The van der Waals surface area contributed by atoms with E-state index in [1.807, 2.05) is 58.0 Å². The SMILES string of the molecule is CC[C@@H](CO)N1C(=O)[C@@H]2[C@H](C(=O)NCc3ccccc3)[C@]3(C)CCC2(O3)C1C(=O)NC(C)(C)CC(C)(C)C. The van der Waals surface area contributed by atoms with Gasteiger partial charge in [-0.1, -0.05) is 58.0 Å². The molecule has 1 aromatic carbocycles. The van der Waals surface area contributed by atoms with Crippen LogP contribution in [-0.4, -0.2) is 63.2 Å². The Hall–Kier alpha value is -2.45. The van der Waals surface area contributed by atoms with E-state index in [1.54, 1.807) is 0 Å². The number of likely N-dealkylation sites (tertiary alicyclic amines) is 1. The van der Waals surface area contributed by atoms with Crippen molar-refractivity contribution in [2.24, 2.45) is 17.3 Å². The summed E-state index contributed by atoms with van der Waals surface area (Å²) in [6, 6.07) is 8.19. The number of hydrogen-bond donors (Lipinski definition) is 3. The molecule has 3 saturated heterocycles. The van der Waals surface area contributed by atoms with E-state index < -0.39 is 40.7 Å². The summed E-state index contributed by atoms with van der Waals surface area (Å²) in [7, 11) is 0. The average Bonchev–Trinajstić information content (AvgIpc) is 3.38. The van der Waals surface area contributed by atoms with Crippen molar-refractivity contribution in [3.05, 3.63) is 35.9 Å². The van der Waals surface area contributed by atoms with E-state index in [9.17, 15) is 19.5 Å². The van der Waals surface area contributed by atoms with Gasteiger partial charge in [0.2, 0.25) is 17.7 Å². The van der Waals surface area contributed by atoms with Crippen LogP contribution in [0.25, 0.3) is 0 Å². The van der Waals surface area contributed by atoms with Crippen molar-refractivity contribution in [3.8, 4) is 0 Å². The fourth-order valence-corrected chi connectivity index (χ4v) is 7.54. The monoisotopic (exact) mass is 527 g/mol. The van der Waals surface area contributed by atoms with Gasteiger partial charge in [0.25, 0.3) is 0 Å². The van der Waals surface area contributed by atoms with Crippen molar-refractivity contribution in [2.45, 2.75) is 110 Å². The largest absolute Gasteiger partial charge is 0.394 e. The van der Waals surface area contributed by atoms with Gasteiger partial charge in [-0.3, -0.25) is 14.4 Å². The molecule has 210 valence electrons. The molecule has 1 aromatic rings. The van der Waals surface area contributed by atoms with Gasteiger partial charge in [-0.2, -0.15) is 0 Å². The average molecular weight is 528 g/mol. The molecule has 8 nitrogen and oxygen atoms in total. The van der Waals surface area contributed by atoms with Crippen LogP contribution in [0.4, 0.5) is 0 Å². The van der Waals surface area contributed by atoms with E-state index in [0.717, 1.165) is 12.0 Å². The number of rotatable bonds is 9. The number of fused-ring (bicyclic) bond motifs is 1. The summed E-state index contributed by atoms with van der Waals surface area (Å²) in [6.07, 6.45) is 2.32. The van der Waals surface area contributed by atoms with Crippen molar-refractivity contribution in [1.82, 2.24) is 15.5 Å². The summed E-state index contributed by atoms with van der Waals surface area (Å²) >= 11 is 0. The smallest absolute Gasteiger partial charge is 0.246 e. The Morgan fingerprint density at radius 1 is 1.13 bits per heavy atom. The Morgan fingerprint density at radius 3 is 2.37 bits per heavy atom. The van der Waals surface area contributed by atoms with Crippen molar-refractivity contribution >= 4 is 17.7 Å². The van der Waals surface area contributed by atoms with Gasteiger partial charge in [-0.15, -0.1) is 0 Å². The van der Waals surface area contributed by atoms with Crippen LogP contribution >= 0.6 is 0 Å². The highest BCUT2D eigenvalue weighted by molar-refractivity contribution is 5.99. The third-order valence-electron chi connectivity index (χ3n) is 8.56. The summed E-state index contributed by atoms with van der Waals surface area (Å²) in [5.41, 5.74) is -1.52. The molecule has 6 atom stereocenters. The first-order valence-electron chi connectivity index (χ1n) is 13.9. The lowest BCUT2D eigenvalue weighted by Gasteiger charge is -2.40. The van der Waals surface area contributed by atoms with E-state index in [-0.39, 0.29) is 29.7 Å². The van der Waals surface area contributed by atoms with Crippen molar-refractivity contribution in [3.63, 3.8) is 0 Å². The van der Waals surface area contributed by atoms with Crippen LogP contribution in [0.5, 0.6) is 0 Å². The first kappa shape index (κ1) is 28.6. The normalized spacial score (nSPS) is 31.3. The number of nitrogens with one attached hydrogen (secondary N) is 2. The molecule has 1 spiro atoms. The van der Waals surface area contributed by atoms with Gasteiger partial charge in [0.1, 0.15) is 11.6 Å². The molecule has 3 fully saturated rings. The lowest BCUT2D eigenvalue weighted by molar-refractivity contribution is -0.150. The van der Waals surface area contributed by atoms with Crippen LogP contribution in [0.1, 0.15) is 79.7 Å². The molecular weight excluding hydrogens is 482 g/mol. The van der Waals surface area contributed by atoms with Gasteiger partial charge in [0.05, 0.1) is 30.1 Å². The highest BCUT2D eigenvalue weighted by Crippen LogP contribution is 2.63. The Labute approximate surface area is 226 Å². The highest BCUT2D eigenvalue weighted by atomic mass is 16.5. The van der Waals surface area contributed by atoms with E-state index in [1.165, 1.54) is 4.90 Å². The van der Waals surface area contributed by atoms with Crippen LogP contribution in [0.2, 0.25) is 0 Å². The predicted molar refractivity (Wildman–Crippen MR) is 145 cm³/mol. The van der Waals surface area contributed by atoms with Gasteiger partial charge < -0.3 is 25.4 Å². The molecular formula is C30H45N3O5. The molecule has 0 radical (unpaired) electrons. The fourth-order valence-electron chi connectivity index (χ4n) is 7.54. The quantitative estimate of drug-likeness (QED) is 0.457. The molecule has 2 bridgehead atoms. The van der Waals surface area contributed by atoms with Crippen molar-refractivity contribution in [2.75, 3.05) is 6.61 Å². The van der Waals surface area contributed by atoms with Gasteiger partial charge >= 0.3 is 0 Å². The van der Waals surface area contributed by atoms with E-state index >= 15 is 0 Å². The van der Waals surface area contributed by atoms with E-state index in [2.05, 4.69) is 31.4 Å². The van der Waals surface area contributed by atoms with Crippen molar-refractivity contribution < 1.29 is 24.2 Å². The summed E-state index contributed by atoms with van der Waals surface area (Å²) in [4.78, 5) is 43.4. The van der Waals surface area contributed by atoms with Gasteiger partial charge in [-0.25, -0.2) is 0 Å². The van der Waals surface area contributed by atoms with Gasteiger partial charge in [0.15, 0.2) is 0 Å². The molecule has 3 aliphatic heterocycles. The number of aliphatic hydroxyl groups is 1. The molecule has 0 aromatic heterocycles. The Bertz CT molecular complexity index is 1060. The number of ether oxygens (including phenoxy) is 1. The molecule has 3 aliphatic rings. The maximum Gasteiger partial charge on any atom is 0.246 e. The Morgan fingerprint density at radius 2 is 1.79 bits per heavy atom. The minimum atomic E-state index is -1.11. The molecule has 0 aliphatic carbocycles. The van der Waals surface area contributed by atoms with E-state index in [4.69, 9.17) is 4.74 Å². The predicted octanol–water partition coefficient (Wildman–Crippen LogP) is 3.17. The summed E-state index contributed by atoms with van der Waals surface area (Å²) < 4.78 is 6.68. The number of carbonyl (C=O) groups excluding carboxylic acids is 3. The van der Waals surface area contributed by atoms with E-state index in [0.29, 0.717) is 25.8 Å². The molecule has 8 heteroatoms. The summed E-state index contributed by atoms with van der Waals surface area (Å²) in [6.45, 7) is 14.2. The maximum atomic E-state index is 14.1. The summed E-state index contributed by atoms with van der Waals surface area (Å²) in [5.74, 6) is -2.28. The Balaban J connectivity index is 1.68. The molecule has 38 heavy (non-hydrogen) atoms. The third-order valence-corrected chi connectivity index (χ3v) is 8.56. The second-order valence-electron chi connectivity index (χ2n) is 13.5. The lowest BCUT2D eigenvalue weighted by atomic mass is 9.66. The number of amides is 3. The Kier molecular flexibility index (Phi) is 7.47. The minimum absolute atomic E-state index is 0.0163. The summed E-state index contributed by atoms with van der Waals surface area (Å²) in [5, 5.41) is 16.4. The lowest BCUT2D eigenvalue weighted by Crippen LogP contribution is -2.61. The number of nitrogens with zero attached hydrogens (tertiary/aromatic N) is 1. The first-order valence-corrected chi connectivity index (χ1v) is 13.9. The zero-order chi connectivity index (χ0) is 28.1. The second kappa shape index (κ2) is 9.94. The second-order valence-corrected chi connectivity index (χ2v) is 13.5. The van der Waals surface area contributed by atoms with Crippen LogP contribution in [0.15, 0.2) is 30.3 Å². The standard InChI is InChI=1S/C30H45N3O5/c1-8-20(17-34)33-23(25(36)32-28(5,6)18-27(2,3)4)30-15-14-29(7,38-30)21(22(30)26(33)37)24(35)31-16-19-12-10-9-11-13-19/h9-13,20-23,34H,8,14-18H2,1-7H3,(H,31,35)(H,32,36)/t20-,21+,22-,23?,29-,30?/m0/s1. The molecule has 2 unspecified atom stereocenters. The number of hydrogen-bond acceptors (Lipinski definition) is 5. The number of aliphatic hydroxyl groups excluding tert-OH is 1. The van der Waals surface area contributed by atoms with Crippen LogP contribution in [0, 0.1) is 17.3 Å². The molecule has 3 N–H and O–H groups in total. The molecule has 3 amide bonds. The van der Waals surface area contributed by atoms with Crippen LogP contribution in [0.3, 0.4) is 0 Å². The van der Waals surface area contributed by atoms with Crippen molar-refractivity contribution in [1.29, 1.82) is 0 Å². The van der Waals surface area contributed by atoms with Crippen LogP contribution in [-0.2, 0) is 25.7 Å². The van der Waals surface area contributed by atoms with Gasteiger partial charge in [-0.05, 0) is 57.4 Å². The molecule has 4 rings (SSSR count).